The topological polar surface area (TPSA) is 47.0 Å². The fraction of sp³-hybridized carbons (Fsp3) is 0.846. The second kappa shape index (κ2) is 6.48. The van der Waals surface area contributed by atoms with E-state index in [9.17, 15) is 0 Å². The lowest BCUT2D eigenvalue weighted by Gasteiger charge is -2.27. The number of nitrogens with one attached hydrogen (secondary N) is 1. The molecule has 1 unspecified atom stereocenters. The third kappa shape index (κ3) is 3.42. The fourth-order valence-electron chi connectivity index (χ4n) is 2.60. The maximum Gasteiger partial charge on any atom is 0.202 e. The molecule has 1 atom stereocenters. The molecule has 0 bridgehead atoms. The first kappa shape index (κ1) is 13.7. The van der Waals surface area contributed by atoms with Crippen molar-refractivity contribution in [3.63, 3.8) is 0 Å². The Labute approximate surface area is 113 Å². The lowest BCUT2D eigenvalue weighted by atomic mass is 9.85. The molecule has 2 rings (SSSR count). The van der Waals surface area contributed by atoms with Gasteiger partial charge >= 0.3 is 0 Å². The summed E-state index contributed by atoms with van der Waals surface area (Å²) in [6.45, 7) is 4.21. The summed E-state index contributed by atoms with van der Waals surface area (Å²) in [4.78, 5) is 4.57. The number of ether oxygens (including phenoxy) is 1. The van der Waals surface area contributed by atoms with Crippen LogP contribution in [-0.4, -0.2) is 22.5 Å². The number of anilines is 1. The normalized spacial score (nSPS) is 19.1. The number of methoxy groups -OCH3 is 1. The van der Waals surface area contributed by atoms with Crippen molar-refractivity contribution >= 4 is 16.7 Å². The van der Waals surface area contributed by atoms with E-state index in [4.69, 9.17) is 4.74 Å². The molecule has 0 radical (unpaired) electrons. The largest absolute Gasteiger partial charge is 0.373 e. The van der Waals surface area contributed by atoms with Gasteiger partial charge in [-0.15, -0.1) is 0 Å². The second-order valence-corrected chi connectivity index (χ2v) is 6.06. The van der Waals surface area contributed by atoms with Gasteiger partial charge in [0.2, 0.25) is 5.13 Å². The molecule has 1 N–H and O–H groups in total. The molecule has 0 aromatic carbocycles. The Kier molecular flexibility index (Phi) is 4.95. The van der Waals surface area contributed by atoms with E-state index in [-0.39, 0.29) is 6.10 Å². The van der Waals surface area contributed by atoms with E-state index in [0.717, 1.165) is 11.0 Å². The molecule has 1 aromatic rings. The lowest BCUT2D eigenvalue weighted by molar-refractivity contribution is 0.0298. The van der Waals surface area contributed by atoms with Gasteiger partial charge in [-0.05, 0) is 32.6 Å². The van der Waals surface area contributed by atoms with Crippen molar-refractivity contribution in [2.45, 2.75) is 58.1 Å². The van der Waals surface area contributed by atoms with E-state index >= 15 is 0 Å². The van der Waals surface area contributed by atoms with Crippen molar-refractivity contribution in [2.75, 3.05) is 12.4 Å². The van der Waals surface area contributed by atoms with Gasteiger partial charge < -0.3 is 10.1 Å². The van der Waals surface area contributed by atoms with Crippen LogP contribution in [0.25, 0.3) is 0 Å². The van der Waals surface area contributed by atoms with Crippen molar-refractivity contribution in [3.8, 4) is 0 Å². The summed E-state index contributed by atoms with van der Waals surface area (Å²) in [5.41, 5.74) is 0. The number of rotatable bonds is 5. The van der Waals surface area contributed by atoms with Crippen molar-refractivity contribution in [1.29, 1.82) is 0 Å². The minimum Gasteiger partial charge on any atom is -0.373 e. The molecule has 0 aliphatic heterocycles. The Bertz CT molecular complexity index is 361. The standard InChI is InChI=1S/C13H23N3OS/c1-9(2)14-13-15-12(16-18-13)11(17-3)10-7-5-4-6-8-10/h9-11H,4-8H2,1-3H3,(H,14,15,16). The van der Waals surface area contributed by atoms with Crippen molar-refractivity contribution in [3.05, 3.63) is 5.82 Å². The van der Waals surface area contributed by atoms with Gasteiger partial charge in [-0.25, -0.2) is 4.98 Å². The van der Waals surface area contributed by atoms with E-state index in [1.807, 2.05) is 0 Å². The summed E-state index contributed by atoms with van der Waals surface area (Å²) in [7, 11) is 1.77. The van der Waals surface area contributed by atoms with Gasteiger partial charge in [0, 0.05) is 24.7 Å². The molecule has 18 heavy (non-hydrogen) atoms. The smallest absolute Gasteiger partial charge is 0.202 e. The number of aromatic nitrogens is 2. The maximum atomic E-state index is 5.65. The average Bonchev–Trinajstić information content (AvgIpc) is 2.79. The van der Waals surface area contributed by atoms with Crippen LogP contribution in [0.4, 0.5) is 5.13 Å². The monoisotopic (exact) mass is 269 g/mol. The average molecular weight is 269 g/mol. The van der Waals surface area contributed by atoms with Gasteiger partial charge in [0.25, 0.3) is 0 Å². The molecule has 1 fully saturated rings. The summed E-state index contributed by atoms with van der Waals surface area (Å²) in [5, 5.41) is 4.20. The first-order chi connectivity index (χ1) is 8.70. The predicted molar refractivity (Wildman–Crippen MR) is 75.0 cm³/mol. The van der Waals surface area contributed by atoms with Gasteiger partial charge in [0.05, 0.1) is 0 Å². The number of hydrogen-bond acceptors (Lipinski definition) is 5. The quantitative estimate of drug-likeness (QED) is 0.886. The van der Waals surface area contributed by atoms with Crippen LogP contribution in [0.15, 0.2) is 0 Å². The van der Waals surface area contributed by atoms with Crippen LogP contribution < -0.4 is 5.32 Å². The third-order valence-electron chi connectivity index (χ3n) is 3.44. The molecule has 1 aromatic heterocycles. The highest BCUT2D eigenvalue weighted by Gasteiger charge is 2.28. The minimum atomic E-state index is 0.0734. The molecular formula is C13H23N3OS. The Morgan fingerprint density at radius 3 is 2.61 bits per heavy atom. The fourth-order valence-corrected chi connectivity index (χ4v) is 3.35. The molecule has 0 saturated heterocycles. The van der Waals surface area contributed by atoms with Crippen molar-refractivity contribution < 1.29 is 4.74 Å². The van der Waals surface area contributed by atoms with Crippen LogP contribution in [0, 0.1) is 5.92 Å². The molecule has 5 heteroatoms. The van der Waals surface area contributed by atoms with Crippen LogP contribution in [0.3, 0.4) is 0 Å². The molecule has 4 nitrogen and oxygen atoms in total. The highest BCUT2D eigenvalue weighted by atomic mass is 32.1. The van der Waals surface area contributed by atoms with Gasteiger partial charge in [-0.3, -0.25) is 0 Å². The zero-order valence-corrected chi connectivity index (χ0v) is 12.3. The van der Waals surface area contributed by atoms with Crippen LogP contribution in [-0.2, 0) is 4.74 Å². The van der Waals surface area contributed by atoms with Crippen LogP contribution >= 0.6 is 11.5 Å². The molecule has 1 aliphatic rings. The van der Waals surface area contributed by atoms with Crippen LogP contribution in [0.5, 0.6) is 0 Å². The van der Waals surface area contributed by atoms with Gasteiger partial charge in [0.15, 0.2) is 5.82 Å². The molecule has 1 heterocycles. The lowest BCUT2D eigenvalue weighted by Crippen LogP contribution is -2.19. The predicted octanol–water partition coefficient (Wildman–Crippen LogP) is 3.63. The molecule has 0 amide bonds. The molecule has 102 valence electrons. The van der Waals surface area contributed by atoms with Gasteiger partial charge in [-0.1, -0.05) is 19.3 Å². The summed E-state index contributed by atoms with van der Waals surface area (Å²) in [6.07, 6.45) is 6.54. The van der Waals surface area contributed by atoms with E-state index in [1.165, 1.54) is 43.6 Å². The Morgan fingerprint density at radius 1 is 1.28 bits per heavy atom. The van der Waals surface area contributed by atoms with Gasteiger partial charge in [0.1, 0.15) is 6.10 Å². The Balaban J connectivity index is 2.04. The van der Waals surface area contributed by atoms with E-state index < -0.39 is 0 Å². The van der Waals surface area contributed by atoms with Crippen molar-refractivity contribution in [2.24, 2.45) is 5.92 Å². The van der Waals surface area contributed by atoms with Crippen LogP contribution in [0.1, 0.15) is 57.9 Å². The Hall–Kier alpha value is -0.680. The zero-order valence-electron chi connectivity index (χ0n) is 11.5. The molecule has 1 aliphatic carbocycles. The summed E-state index contributed by atoms with van der Waals surface area (Å²) >= 11 is 1.43. The molecule has 0 spiro atoms. The van der Waals surface area contributed by atoms with Crippen LogP contribution in [0.2, 0.25) is 0 Å². The second-order valence-electron chi connectivity index (χ2n) is 5.31. The molecular weight excluding hydrogens is 246 g/mol. The third-order valence-corrected chi connectivity index (χ3v) is 4.10. The van der Waals surface area contributed by atoms with E-state index in [1.54, 1.807) is 7.11 Å². The summed E-state index contributed by atoms with van der Waals surface area (Å²) in [6, 6.07) is 0.390. The highest BCUT2D eigenvalue weighted by Crippen LogP contribution is 2.36. The summed E-state index contributed by atoms with van der Waals surface area (Å²) in [5.74, 6) is 1.45. The Morgan fingerprint density at radius 2 is 2.00 bits per heavy atom. The minimum absolute atomic E-state index is 0.0734. The highest BCUT2D eigenvalue weighted by molar-refractivity contribution is 7.09. The SMILES string of the molecule is COC(c1nsc(NC(C)C)n1)C1CCCCC1. The first-order valence-electron chi connectivity index (χ1n) is 6.83. The first-order valence-corrected chi connectivity index (χ1v) is 7.61. The number of hydrogen-bond donors (Lipinski definition) is 1. The summed E-state index contributed by atoms with van der Waals surface area (Å²) < 4.78 is 10.1. The number of nitrogens with zero attached hydrogens (tertiary/aromatic N) is 2. The van der Waals surface area contributed by atoms with E-state index in [2.05, 4.69) is 28.5 Å². The van der Waals surface area contributed by atoms with E-state index in [0.29, 0.717) is 12.0 Å². The van der Waals surface area contributed by atoms with Crippen molar-refractivity contribution in [1.82, 2.24) is 9.36 Å². The van der Waals surface area contributed by atoms with Gasteiger partial charge in [-0.2, -0.15) is 4.37 Å². The molecule has 1 saturated carbocycles. The zero-order chi connectivity index (χ0) is 13.0. The maximum absolute atomic E-state index is 5.65.